The molecule has 70 heavy (non-hydrogen) atoms. The SMILES string of the molecule is CCn1c(-c2cccnc2[C@H](C)OC)c2c3cc(ccc31)-c1cc(O)cc(c1)C[C@H](NC(=O)[C@H](C(C)C)N(C)C(=O)CN(C)C(=O)[C@H]1CN1CC1COC1)C(=O)N1CCC[C@H](N1)C(=O)OCC(C)(C)C2. The van der Waals surface area contributed by atoms with Gasteiger partial charge in [0.1, 0.15) is 29.9 Å². The topological polar surface area (TPSA) is 188 Å². The van der Waals surface area contributed by atoms with Crippen molar-refractivity contribution >= 4 is 40.5 Å². The molecule has 0 aliphatic carbocycles. The molecule has 0 spiro atoms. The molecule has 3 saturated heterocycles. The first-order chi connectivity index (χ1) is 33.4. The second kappa shape index (κ2) is 20.8. The maximum absolute atomic E-state index is 14.8. The van der Waals surface area contributed by atoms with E-state index in [9.17, 15) is 29.1 Å². The van der Waals surface area contributed by atoms with E-state index < -0.39 is 47.2 Å². The number of aryl methyl sites for hydroxylation is 1. The Labute approximate surface area is 410 Å². The van der Waals surface area contributed by atoms with Gasteiger partial charge in [-0.3, -0.25) is 38.9 Å². The number of phenols is 1. The fourth-order valence-corrected chi connectivity index (χ4v) is 10.4. The van der Waals surface area contributed by atoms with Crippen LogP contribution in [0, 0.1) is 17.3 Å². The van der Waals surface area contributed by atoms with E-state index in [0.717, 1.165) is 45.5 Å². The second-order valence-corrected chi connectivity index (χ2v) is 20.8. The molecule has 376 valence electrons. The number of fused-ring (bicyclic) bond motifs is 6. The van der Waals surface area contributed by atoms with Gasteiger partial charge in [-0.2, -0.15) is 0 Å². The van der Waals surface area contributed by atoms with E-state index >= 15 is 0 Å². The van der Waals surface area contributed by atoms with Gasteiger partial charge in [0.05, 0.1) is 43.9 Å². The molecule has 4 aromatic rings. The largest absolute Gasteiger partial charge is 0.508 e. The molecule has 2 aromatic carbocycles. The van der Waals surface area contributed by atoms with Gasteiger partial charge in [0.2, 0.25) is 17.7 Å². The first-order valence-electron chi connectivity index (χ1n) is 24.7. The number of aromatic hydroxyl groups is 1. The number of hydrazine groups is 1. The molecule has 2 aromatic heterocycles. The van der Waals surface area contributed by atoms with E-state index in [2.05, 4.69) is 59.2 Å². The number of carbonyl (C=O) groups is 5. The van der Waals surface area contributed by atoms with Gasteiger partial charge < -0.3 is 39.0 Å². The van der Waals surface area contributed by atoms with Crippen molar-refractivity contribution < 1.29 is 43.3 Å². The highest BCUT2D eigenvalue weighted by Crippen LogP contribution is 2.42. The van der Waals surface area contributed by atoms with Crippen molar-refractivity contribution in [3.05, 3.63) is 71.5 Å². The molecule has 0 saturated carbocycles. The van der Waals surface area contributed by atoms with E-state index in [1.54, 1.807) is 32.5 Å². The zero-order valence-electron chi connectivity index (χ0n) is 42.1. The quantitative estimate of drug-likeness (QED) is 0.124. The van der Waals surface area contributed by atoms with Crippen LogP contribution < -0.4 is 10.7 Å². The lowest BCUT2D eigenvalue weighted by Gasteiger charge is -2.37. The molecule has 17 nitrogen and oxygen atoms in total. The maximum Gasteiger partial charge on any atom is 0.324 e. The first-order valence-corrected chi connectivity index (χ1v) is 24.7. The van der Waals surface area contributed by atoms with Crippen LogP contribution in [-0.4, -0.2) is 155 Å². The Morgan fingerprint density at radius 1 is 1.06 bits per heavy atom. The normalized spacial score (nSPS) is 22.4. The predicted octanol–water partition coefficient (Wildman–Crippen LogP) is 4.72. The van der Waals surface area contributed by atoms with Crippen LogP contribution in [0.2, 0.25) is 0 Å². The highest BCUT2D eigenvalue weighted by atomic mass is 16.5. The van der Waals surface area contributed by atoms with Crippen molar-refractivity contribution in [1.29, 1.82) is 0 Å². The van der Waals surface area contributed by atoms with Gasteiger partial charge in [-0.15, -0.1) is 0 Å². The summed E-state index contributed by atoms with van der Waals surface area (Å²) in [5, 5.41) is 16.7. The third-order valence-corrected chi connectivity index (χ3v) is 14.3. The summed E-state index contributed by atoms with van der Waals surface area (Å²) in [5.74, 6) is -2.09. The summed E-state index contributed by atoms with van der Waals surface area (Å²) in [6.07, 6.45) is 2.93. The molecule has 6 heterocycles. The summed E-state index contributed by atoms with van der Waals surface area (Å²) in [5.41, 5.74) is 9.49. The minimum absolute atomic E-state index is 0.0180. The Balaban J connectivity index is 1.13. The number of amides is 4. The number of hydrogen-bond acceptors (Lipinski definition) is 12. The number of nitrogens with zero attached hydrogens (tertiary/aromatic N) is 6. The number of methoxy groups -OCH3 is 1. The van der Waals surface area contributed by atoms with Crippen molar-refractivity contribution in [1.82, 2.24) is 40.0 Å². The summed E-state index contributed by atoms with van der Waals surface area (Å²) in [6, 6.07) is 12.1. The number of aromatic nitrogens is 2. The Hall–Kier alpha value is -5.88. The molecule has 6 atom stereocenters. The van der Waals surface area contributed by atoms with E-state index in [0.29, 0.717) is 62.6 Å². The predicted molar refractivity (Wildman–Crippen MR) is 264 cm³/mol. The standard InChI is InChI=1S/C53H70N8O9/c1-10-60-43-16-15-35-23-39(43)40(48(60)38-13-11-17-54-46(38)32(4)68-9)24-53(5,6)30-70-52(67)41-14-12-18-61(56-41)50(65)42(21-33-19-36(35)22-37(62)20-33)55-49(64)47(31(2)3)58(8)45(63)27-57(7)51(66)44-26-59(44)25-34-28-69-29-34/h11,13,15-17,19-20,22-23,31-32,34,41-42,44,47,56,62H,10,12,14,18,21,24-30H2,1-9H3,(H,55,64)/t32-,41-,42-,44+,47-,59?/m0/s1. The highest BCUT2D eigenvalue weighted by Gasteiger charge is 2.44. The van der Waals surface area contributed by atoms with Crippen LogP contribution in [0.5, 0.6) is 5.75 Å². The van der Waals surface area contributed by atoms with Gasteiger partial charge in [-0.1, -0.05) is 39.8 Å². The van der Waals surface area contributed by atoms with Gasteiger partial charge in [-0.25, -0.2) is 5.43 Å². The molecule has 3 N–H and O–H groups in total. The zero-order chi connectivity index (χ0) is 50.2. The first kappa shape index (κ1) is 50.5. The second-order valence-electron chi connectivity index (χ2n) is 20.8. The Kier molecular flexibility index (Phi) is 15.0. The monoisotopic (exact) mass is 963 g/mol. The van der Waals surface area contributed by atoms with Crippen molar-refractivity contribution in [2.24, 2.45) is 17.3 Å². The van der Waals surface area contributed by atoms with E-state index in [1.165, 1.54) is 21.9 Å². The number of cyclic esters (lactones) is 1. The van der Waals surface area contributed by atoms with Crippen molar-refractivity contribution in [2.45, 2.75) is 104 Å². The highest BCUT2D eigenvalue weighted by molar-refractivity contribution is 5.96. The van der Waals surface area contributed by atoms with Crippen LogP contribution in [0.1, 0.15) is 77.3 Å². The average molecular weight is 963 g/mol. The van der Waals surface area contributed by atoms with Crippen LogP contribution in [0.15, 0.2) is 54.7 Å². The summed E-state index contributed by atoms with van der Waals surface area (Å²) >= 11 is 0. The minimum Gasteiger partial charge on any atom is -0.508 e. The van der Waals surface area contributed by atoms with E-state index in [-0.39, 0.29) is 55.8 Å². The zero-order valence-corrected chi connectivity index (χ0v) is 42.1. The van der Waals surface area contributed by atoms with Crippen LogP contribution in [0.3, 0.4) is 0 Å². The van der Waals surface area contributed by atoms with Gasteiger partial charge >= 0.3 is 5.97 Å². The number of esters is 1. The number of hydrogen-bond donors (Lipinski definition) is 3. The fourth-order valence-electron chi connectivity index (χ4n) is 10.4. The Morgan fingerprint density at radius 2 is 1.83 bits per heavy atom. The average Bonchev–Trinajstić information content (AvgIpc) is 4.04. The molecule has 4 amide bonds. The van der Waals surface area contributed by atoms with Crippen LogP contribution in [0.25, 0.3) is 33.3 Å². The van der Waals surface area contributed by atoms with Crippen LogP contribution in [-0.2, 0) is 57.6 Å². The van der Waals surface area contributed by atoms with Gasteiger partial charge in [0, 0.05) is 87.8 Å². The van der Waals surface area contributed by atoms with Gasteiger partial charge in [-0.05, 0) is 97.7 Å². The lowest BCUT2D eigenvalue weighted by Crippen LogP contribution is -2.62. The molecule has 4 aliphatic rings. The molecule has 17 heteroatoms. The molecule has 3 fully saturated rings. The van der Waals surface area contributed by atoms with E-state index in [1.807, 2.05) is 39.0 Å². The smallest absolute Gasteiger partial charge is 0.324 e. The summed E-state index contributed by atoms with van der Waals surface area (Å²) in [6.45, 7) is 15.5. The molecule has 1 unspecified atom stereocenters. The molecule has 6 bridgehead atoms. The summed E-state index contributed by atoms with van der Waals surface area (Å²) in [7, 11) is 4.81. The van der Waals surface area contributed by atoms with Crippen molar-refractivity contribution in [3.8, 4) is 28.1 Å². The summed E-state index contributed by atoms with van der Waals surface area (Å²) in [4.78, 5) is 80.1. The van der Waals surface area contributed by atoms with Crippen LogP contribution in [0.4, 0.5) is 0 Å². The number of carbonyl (C=O) groups excluding carboxylic acids is 5. The van der Waals surface area contributed by atoms with Crippen molar-refractivity contribution in [2.75, 3.05) is 67.2 Å². The van der Waals surface area contributed by atoms with E-state index in [4.69, 9.17) is 19.2 Å². The Bertz CT molecular complexity index is 2630. The van der Waals surface area contributed by atoms with Gasteiger partial charge in [0.15, 0.2) is 0 Å². The lowest BCUT2D eigenvalue weighted by molar-refractivity contribution is -0.155. The maximum atomic E-state index is 14.8. The van der Waals surface area contributed by atoms with Crippen molar-refractivity contribution in [3.63, 3.8) is 0 Å². The molecule has 4 aliphatic heterocycles. The Morgan fingerprint density at radius 3 is 2.53 bits per heavy atom. The summed E-state index contributed by atoms with van der Waals surface area (Å²) < 4.78 is 19.5. The number of phenolic OH excluding ortho intramolecular Hbond substituents is 1. The number of nitrogens with one attached hydrogen (secondary N) is 2. The van der Waals surface area contributed by atoms with Crippen LogP contribution >= 0.6 is 0 Å². The number of likely N-dealkylation sites (N-methyl/N-ethyl adjacent to an activating group) is 2. The minimum atomic E-state index is -1.18. The number of benzene rings is 2. The third kappa shape index (κ3) is 10.7. The fraction of sp³-hybridized carbons (Fsp3) is 0.547. The number of ether oxygens (including phenoxy) is 3. The molecule has 8 rings (SSSR count). The number of pyridine rings is 1. The van der Waals surface area contributed by atoms with Gasteiger partial charge in [0.25, 0.3) is 5.91 Å². The lowest BCUT2D eigenvalue weighted by atomic mass is 9.84. The molecule has 0 radical (unpaired) electrons. The third-order valence-electron chi connectivity index (χ3n) is 14.3. The molecular formula is C53H70N8O9. The molecular weight excluding hydrogens is 893 g/mol. The number of rotatable bonds is 13.